The molecule has 0 aromatic carbocycles. The first-order chi connectivity index (χ1) is 7.24. The Bertz CT molecular complexity index is 279. The van der Waals surface area contributed by atoms with Gasteiger partial charge < -0.3 is 10.2 Å². The predicted molar refractivity (Wildman–Crippen MR) is 58.4 cm³/mol. The molecule has 0 radical (unpaired) electrons. The highest BCUT2D eigenvalue weighted by atomic mass is 16.2. The molecular formula is C12H20N2O. The largest absolute Gasteiger partial charge is 0.341 e. The van der Waals surface area contributed by atoms with E-state index < -0.39 is 0 Å². The maximum atomic E-state index is 12.1. The molecule has 1 N–H and O–H groups in total. The van der Waals surface area contributed by atoms with Gasteiger partial charge in [0.25, 0.3) is 0 Å². The number of carbonyl (C=O) groups excluding carboxylic acids is 1. The van der Waals surface area contributed by atoms with Crippen molar-refractivity contribution in [1.82, 2.24) is 10.2 Å². The zero-order chi connectivity index (χ0) is 10.4. The third-order valence-corrected chi connectivity index (χ3v) is 4.26. The Balaban J connectivity index is 1.64. The quantitative estimate of drug-likeness (QED) is 0.697. The number of hydrogen-bond acceptors (Lipinski definition) is 2. The number of nitrogens with one attached hydrogen (secondary N) is 1. The summed E-state index contributed by atoms with van der Waals surface area (Å²) in [5.74, 6) is 1.43. The van der Waals surface area contributed by atoms with Crippen molar-refractivity contribution in [2.24, 2.45) is 11.8 Å². The van der Waals surface area contributed by atoms with E-state index in [1.807, 2.05) is 0 Å². The van der Waals surface area contributed by atoms with Gasteiger partial charge in [-0.1, -0.05) is 6.92 Å². The van der Waals surface area contributed by atoms with Gasteiger partial charge in [-0.15, -0.1) is 0 Å². The van der Waals surface area contributed by atoms with Crippen LogP contribution in [-0.2, 0) is 4.79 Å². The summed E-state index contributed by atoms with van der Waals surface area (Å²) in [4.78, 5) is 14.2. The molecule has 3 aliphatic rings. The Morgan fingerprint density at radius 3 is 2.73 bits per heavy atom. The fraction of sp³-hybridized carbons (Fsp3) is 0.917. The van der Waals surface area contributed by atoms with Crippen LogP contribution in [0.1, 0.15) is 32.6 Å². The third kappa shape index (κ3) is 1.78. The van der Waals surface area contributed by atoms with Crippen LogP contribution in [0.25, 0.3) is 0 Å². The highest BCUT2D eigenvalue weighted by molar-refractivity contribution is 5.81. The van der Waals surface area contributed by atoms with Crippen LogP contribution in [0.3, 0.4) is 0 Å². The van der Waals surface area contributed by atoms with Gasteiger partial charge in [-0.25, -0.2) is 0 Å². The Morgan fingerprint density at radius 2 is 2.00 bits per heavy atom. The van der Waals surface area contributed by atoms with Crippen molar-refractivity contribution in [3.8, 4) is 0 Å². The van der Waals surface area contributed by atoms with Crippen molar-refractivity contribution in [1.29, 1.82) is 0 Å². The summed E-state index contributed by atoms with van der Waals surface area (Å²) >= 11 is 0. The number of carbonyl (C=O) groups is 1. The molecule has 1 aliphatic carbocycles. The smallest absolute Gasteiger partial charge is 0.226 e. The van der Waals surface area contributed by atoms with Gasteiger partial charge in [0.2, 0.25) is 5.91 Å². The van der Waals surface area contributed by atoms with E-state index in [4.69, 9.17) is 0 Å². The summed E-state index contributed by atoms with van der Waals surface area (Å²) in [6.07, 6.45) is 4.85. The molecule has 2 heterocycles. The van der Waals surface area contributed by atoms with Crippen molar-refractivity contribution in [2.75, 3.05) is 13.1 Å². The number of amides is 1. The molecule has 3 nitrogen and oxygen atoms in total. The van der Waals surface area contributed by atoms with Crippen LogP contribution in [0.2, 0.25) is 0 Å². The summed E-state index contributed by atoms with van der Waals surface area (Å²) in [5.41, 5.74) is 0. The zero-order valence-corrected chi connectivity index (χ0v) is 9.41. The van der Waals surface area contributed by atoms with Gasteiger partial charge in [-0.3, -0.25) is 4.79 Å². The number of likely N-dealkylation sites (tertiary alicyclic amines) is 1. The molecule has 4 atom stereocenters. The van der Waals surface area contributed by atoms with E-state index >= 15 is 0 Å². The molecule has 84 valence electrons. The first-order valence-electron chi connectivity index (χ1n) is 6.29. The zero-order valence-electron chi connectivity index (χ0n) is 9.41. The summed E-state index contributed by atoms with van der Waals surface area (Å²) in [6.45, 7) is 4.12. The molecule has 0 unspecified atom stereocenters. The standard InChI is InChI=1S/C12H20N2O/c1-8-6-11(8)12(15)14-5-4-9-2-3-10(7-14)13-9/h8-11,13H,2-7H2,1H3/t8-,9+,10-,11+/m0/s1. The van der Waals surface area contributed by atoms with Crippen molar-refractivity contribution in [3.05, 3.63) is 0 Å². The van der Waals surface area contributed by atoms with Crippen LogP contribution in [0.15, 0.2) is 0 Å². The number of fused-ring (bicyclic) bond motifs is 2. The van der Waals surface area contributed by atoms with Gasteiger partial charge in [0.15, 0.2) is 0 Å². The Hall–Kier alpha value is -0.570. The van der Waals surface area contributed by atoms with Crippen LogP contribution < -0.4 is 5.32 Å². The van der Waals surface area contributed by atoms with Gasteiger partial charge in [0.05, 0.1) is 0 Å². The van der Waals surface area contributed by atoms with E-state index in [1.54, 1.807) is 0 Å². The maximum Gasteiger partial charge on any atom is 0.226 e. The highest BCUT2D eigenvalue weighted by Gasteiger charge is 2.43. The minimum Gasteiger partial charge on any atom is -0.341 e. The molecule has 0 aromatic rings. The van der Waals surface area contributed by atoms with E-state index in [-0.39, 0.29) is 0 Å². The molecule has 3 heteroatoms. The second-order valence-corrected chi connectivity index (χ2v) is 5.53. The minimum atomic E-state index is 0.363. The fourth-order valence-corrected chi connectivity index (χ4v) is 3.04. The van der Waals surface area contributed by atoms with Gasteiger partial charge in [-0.2, -0.15) is 0 Å². The third-order valence-electron chi connectivity index (χ3n) is 4.26. The van der Waals surface area contributed by atoms with E-state index in [0.29, 0.717) is 29.8 Å². The first-order valence-corrected chi connectivity index (χ1v) is 6.29. The second-order valence-electron chi connectivity index (χ2n) is 5.53. The normalized spacial score (nSPS) is 43.9. The predicted octanol–water partition coefficient (Wildman–Crippen LogP) is 0.995. The Morgan fingerprint density at radius 1 is 1.27 bits per heavy atom. The lowest BCUT2D eigenvalue weighted by atomic mass is 10.1. The lowest BCUT2D eigenvalue weighted by Crippen LogP contribution is -2.40. The second kappa shape index (κ2) is 3.48. The molecule has 3 rings (SSSR count). The first kappa shape index (κ1) is 9.64. The topological polar surface area (TPSA) is 32.3 Å². The van der Waals surface area contributed by atoms with Crippen LogP contribution in [0.5, 0.6) is 0 Å². The van der Waals surface area contributed by atoms with Crippen molar-refractivity contribution in [3.63, 3.8) is 0 Å². The van der Waals surface area contributed by atoms with E-state index in [0.717, 1.165) is 25.9 Å². The maximum absolute atomic E-state index is 12.1. The summed E-state index contributed by atoms with van der Waals surface area (Å²) in [7, 11) is 0. The van der Waals surface area contributed by atoms with Gasteiger partial charge in [0, 0.05) is 31.1 Å². The molecule has 0 spiro atoms. The van der Waals surface area contributed by atoms with Gasteiger partial charge in [0.1, 0.15) is 0 Å². The van der Waals surface area contributed by atoms with Gasteiger partial charge in [-0.05, 0) is 31.6 Å². The van der Waals surface area contributed by atoms with Crippen molar-refractivity contribution < 1.29 is 4.79 Å². The summed E-state index contributed by atoms with van der Waals surface area (Å²) in [6, 6.07) is 1.26. The number of hydrogen-bond donors (Lipinski definition) is 1. The average molecular weight is 208 g/mol. The molecule has 2 bridgehead atoms. The van der Waals surface area contributed by atoms with E-state index in [9.17, 15) is 4.79 Å². The van der Waals surface area contributed by atoms with Crippen LogP contribution in [0.4, 0.5) is 0 Å². The number of rotatable bonds is 1. The number of nitrogens with zero attached hydrogens (tertiary/aromatic N) is 1. The molecule has 1 amide bonds. The monoisotopic (exact) mass is 208 g/mol. The molecule has 15 heavy (non-hydrogen) atoms. The van der Waals surface area contributed by atoms with Crippen molar-refractivity contribution >= 4 is 5.91 Å². The average Bonchev–Trinajstić information content (AvgIpc) is 2.81. The van der Waals surface area contributed by atoms with Gasteiger partial charge >= 0.3 is 0 Å². The molecular weight excluding hydrogens is 188 g/mol. The summed E-state index contributed by atoms with van der Waals surface area (Å²) < 4.78 is 0. The molecule has 3 fully saturated rings. The van der Waals surface area contributed by atoms with Crippen molar-refractivity contribution in [2.45, 2.75) is 44.7 Å². The minimum absolute atomic E-state index is 0.363. The van der Waals surface area contributed by atoms with Crippen LogP contribution in [-0.4, -0.2) is 36.0 Å². The molecule has 1 saturated carbocycles. The SMILES string of the molecule is C[C@H]1C[C@H]1C(=O)N1CC[C@H]2CC[C@@H](C1)N2. The Labute approximate surface area is 91.2 Å². The van der Waals surface area contributed by atoms with E-state index in [2.05, 4.69) is 17.1 Å². The lowest BCUT2D eigenvalue weighted by molar-refractivity contribution is -0.133. The molecule has 2 aliphatic heterocycles. The van der Waals surface area contributed by atoms with Crippen LogP contribution in [0, 0.1) is 11.8 Å². The Kier molecular flexibility index (Phi) is 2.23. The molecule has 2 saturated heterocycles. The fourth-order valence-electron chi connectivity index (χ4n) is 3.04. The van der Waals surface area contributed by atoms with Crippen LogP contribution >= 0.6 is 0 Å². The highest BCUT2D eigenvalue weighted by Crippen LogP contribution is 2.39. The van der Waals surface area contributed by atoms with E-state index in [1.165, 1.54) is 12.8 Å². The molecule has 0 aromatic heterocycles. The summed E-state index contributed by atoms with van der Waals surface area (Å²) in [5, 5.41) is 3.61. The lowest BCUT2D eigenvalue weighted by Gasteiger charge is -2.24.